The quantitative estimate of drug-likeness (QED) is 0.147. The molecule has 0 heterocycles. The minimum absolute atomic E-state index is 0.285. The lowest BCUT2D eigenvalue weighted by atomic mass is 10.1. The summed E-state index contributed by atoms with van der Waals surface area (Å²) in [4.78, 5) is 21.8. The number of aliphatic carboxylic acids is 1. The summed E-state index contributed by atoms with van der Waals surface area (Å²) < 4.78 is 4.72. The van der Waals surface area contributed by atoms with E-state index in [4.69, 9.17) is 14.9 Å². The van der Waals surface area contributed by atoms with E-state index in [-0.39, 0.29) is 6.42 Å². The number of aliphatic hydroxyl groups is 1. The molecule has 0 aromatic rings. The number of unbranched alkanes of at least 4 members (excludes halogenated alkanes) is 11. The van der Waals surface area contributed by atoms with Gasteiger partial charge in [-0.2, -0.15) is 0 Å². The van der Waals surface area contributed by atoms with Crippen LogP contribution in [0.1, 0.15) is 103 Å². The summed E-state index contributed by atoms with van der Waals surface area (Å²) in [5, 5.41) is 17.5. The second-order valence-corrected chi connectivity index (χ2v) is 7.57. The van der Waals surface area contributed by atoms with Crippen molar-refractivity contribution in [2.24, 2.45) is 0 Å². The number of hydrogen-bond acceptors (Lipinski definition) is 4. The molecule has 0 bridgehead atoms. The molecule has 0 aliphatic rings. The first-order valence-corrected chi connectivity index (χ1v) is 11.4. The number of ether oxygens (including phenoxy) is 1. The highest BCUT2D eigenvalue weighted by molar-refractivity contribution is 5.73. The van der Waals surface area contributed by atoms with Crippen molar-refractivity contribution in [3.05, 3.63) is 24.3 Å². The molecule has 1 atom stereocenters. The van der Waals surface area contributed by atoms with Gasteiger partial charge < -0.3 is 14.9 Å². The molecule has 5 nitrogen and oxygen atoms in total. The second kappa shape index (κ2) is 21.1. The highest BCUT2D eigenvalue weighted by atomic mass is 16.5. The van der Waals surface area contributed by atoms with E-state index >= 15 is 0 Å². The van der Waals surface area contributed by atoms with Crippen LogP contribution in [0.5, 0.6) is 0 Å². The fourth-order valence-corrected chi connectivity index (χ4v) is 2.89. The summed E-state index contributed by atoms with van der Waals surface area (Å²) in [5.41, 5.74) is 0. The number of rotatable bonds is 20. The average Bonchev–Trinajstić information content (AvgIpc) is 2.71. The Kier molecular flexibility index (Phi) is 19.9. The van der Waals surface area contributed by atoms with Crippen LogP contribution in [0.25, 0.3) is 0 Å². The molecule has 1 unspecified atom stereocenters. The number of carboxylic acids is 1. The standard InChI is InChI=1S/C24H42O5/c1-2-3-4-5-6-7-8-9-10-11-12-13-14-15-16-17-18-19-20-23(26)29-21-22(25)24(27)28/h5-6,9-10,22,25H,2-4,7-8,11-21H2,1H3,(H,27,28). The van der Waals surface area contributed by atoms with Crippen molar-refractivity contribution in [3.63, 3.8) is 0 Å². The van der Waals surface area contributed by atoms with Gasteiger partial charge in [-0.15, -0.1) is 0 Å². The van der Waals surface area contributed by atoms with Gasteiger partial charge in [0.25, 0.3) is 0 Å². The zero-order chi connectivity index (χ0) is 21.6. The minimum Gasteiger partial charge on any atom is -0.479 e. The van der Waals surface area contributed by atoms with E-state index in [1.165, 1.54) is 57.8 Å². The highest BCUT2D eigenvalue weighted by Gasteiger charge is 2.15. The van der Waals surface area contributed by atoms with E-state index in [1.807, 2.05) is 0 Å². The second-order valence-electron chi connectivity index (χ2n) is 7.57. The van der Waals surface area contributed by atoms with Gasteiger partial charge in [0.2, 0.25) is 0 Å². The van der Waals surface area contributed by atoms with Gasteiger partial charge in [-0.3, -0.25) is 4.79 Å². The Morgan fingerprint density at radius 1 is 0.759 bits per heavy atom. The average molecular weight is 411 g/mol. The van der Waals surface area contributed by atoms with Crippen molar-refractivity contribution in [1.82, 2.24) is 0 Å². The molecule has 29 heavy (non-hydrogen) atoms. The van der Waals surface area contributed by atoms with Gasteiger partial charge in [0.1, 0.15) is 6.61 Å². The van der Waals surface area contributed by atoms with Gasteiger partial charge in [0.05, 0.1) is 0 Å². The molecule has 0 saturated carbocycles. The summed E-state index contributed by atoms with van der Waals surface area (Å²) in [6.45, 7) is 1.75. The van der Waals surface area contributed by atoms with E-state index in [0.717, 1.165) is 32.1 Å². The molecule has 168 valence electrons. The maximum atomic E-state index is 11.4. The van der Waals surface area contributed by atoms with E-state index in [1.54, 1.807) is 0 Å². The lowest BCUT2D eigenvalue weighted by Gasteiger charge is -2.07. The summed E-state index contributed by atoms with van der Waals surface area (Å²) in [6, 6.07) is 0. The van der Waals surface area contributed by atoms with Crippen LogP contribution in [0, 0.1) is 0 Å². The Morgan fingerprint density at radius 2 is 1.24 bits per heavy atom. The van der Waals surface area contributed by atoms with Crippen LogP contribution in [0.4, 0.5) is 0 Å². The normalized spacial score (nSPS) is 12.6. The maximum absolute atomic E-state index is 11.4. The number of carbonyl (C=O) groups excluding carboxylic acids is 1. The number of aliphatic hydroxyl groups excluding tert-OH is 1. The van der Waals surface area contributed by atoms with E-state index in [2.05, 4.69) is 31.2 Å². The Hall–Kier alpha value is -1.62. The zero-order valence-corrected chi connectivity index (χ0v) is 18.3. The fourth-order valence-electron chi connectivity index (χ4n) is 2.89. The topological polar surface area (TPSA) is 83.8 Å². The van der Waals surface area contributed by atoms with E-state index in [0.29, 0.717) is 0 Å². The first-order valence-electron chi connectivity index (χ1n) is 11.4. The van der Waals surface area contributed by atoms with Crippen LogP contribution in [-0.4, -0.2) is 34.9 Å². The number of esters is 1. The Morgan fingerprint density at radius 3 is 1.79 bits per heavy atom. The Labute approximate surface area is 177 Å². The van der Waals surface area contributed by atoms with Crippen LogP contribution in [0.15, 0.2) is 24.3 Å². The molecule has 0 aromatic carbocycles. The number of carboxylic acid groups (broad SMARTS) is 1. The van der Waals surface area contributed by atoms with Crippen LogP contribution >= 0.6 is 0 Å². The van der Waals surface area contributed by atoms with Crippen LogP contribution in [-0.2, 0) is 14.3 Å². The van der Waals surface area contributed by atoms with Crippen molar-refractivity contribution < 1.29 is 24.5 Å². The number of carbonyl (C=O) groups is 2. The van der Waals surface area contributed by atoms with E-state index < -0.39 is 24.6 Å². The predicted octanol–water partition coefficient (Wildman–Crippen LogP) is 5.96. The van der Waals surface area contributed by atoms with Gasteiger partial charge in [-0.1, -0.05) is 82.6 Å². The first kappa shape index (κ1) is 27.4. The molecule has 0 aromatic heterocycles. The van der Waals surface area contributed by atoms with Crippen LogP contribution < -0.4 is 0 Å². The third-order valence-corrected chi connectivity index (χ3v) is 4.75. The maximum Gasteiger partial charge on any atom is 0.336 e. The SMILES string of the molecule is CCCCC=CCCC=CCCCCCCCCCCC(=O)OCC(O)C(=O)O. The van der Waals surface area contributed by atoms with Gasteiger partial charge >= 0.3 is 11.9 Å². The lowest BCUT2D eigenvalue weighted by Crippen LogP contribution is -2.26. The van der Waals surface area contributed by atoms with E-state index in [9.17, 15) is 9.59 Å². The van der Waals surface area contributed by atoms with Crippen LogP contribution in [0.3, 0.4) is 0 Å². The van der Waals surface area contributed by atoms with Gasteiger partial charge in [0, 0.05) is 6.42 Å². The Balaban J connectivity index is 3.29. The van der Waals surface area contributed by atoms with Crippen molar-refractivity contribution in [1.29, 1.82) is 0 Å². The largest absolute Gasteiger partial charge is 0.479 e. The molecule has 0 radical (unpaired) electrons. The monoisotopic (exact) mass is 410 g/mol. The third-order valence-electron chi connectivity index (χ3n) is 4.75. The minimum atomic E-state index is -1.63. The smallest absolute Gasteiger partial charge is 0.336 e. The van der Waals surface area contributed by atoms with Crippen molar-refractivity contribution in [3.8, 4) is 0 Å². The van der Waals surface area contributed by atoms with Gasteiger partial charge in [0.15, 0.2) is 6.10 Å². The molecule has 0 amide bonds. The molecule has 0 spiro atoms. The number of hydrogen-bond donors (Lipinski definition) is 2. The summed E-state index contributed by atoms with van der Waals surface area (Å²) in [5.74, 6) is -1.81. The lowest BCUT2D eigenvalue weighted by molar-refractivity contribution is -0.156. The fraction of sp³-hybridized carbons (Fsp3) is 0.750. The molecule has 5 heteroatoms. The van der Waals surface area contributed by atoms with Gasteiger partial charge in [-0.05, 0) is 38.5 Å². The molecule has 2 N–H and O–H groups in total. The zero-order valence-electron chi connectivity index (χ0n) is 18.3. The third kappa shape index (κ3) is 20.9. The summed E-state index contributed by atoms with van der Waals surface area (Å²) in [7, 11) is 0. The van der Waals surface area contributed by atoms with Crippen molar-refractivity contribution in [2.45, 2.75) is 109 Å². The highest BCUT2D eigenvalue weighted by Crippen LogP contribution is 2.11. The number of allylic oxidation sites excluding steroid dienone is 4. The van der Waals surface area contributed by atoms with Crippen molar-refractivity contribution >= 4 is 11.9 Å². The van der Waals surface area contributed by atoms with Crippen molar-refractivity contribution in [2.75, 3.05) is 6.61 Å². The molecule has 0 aliphatic heterocycles. The van der Waals surface area contributed by atoms with Crippen LogP contribution in [0.2, 0.25) is 0 Å². The van der Waals surface area contributed by atoms with Gasteiger partial charge in [-0.25, -0.2) is 4.79 Å². The molecule has 0 rings (SSSR count). The summed E-state index contributed by atoms with van der Waals surface area (Å²) in [6.07, 6.45) is 24.2. The summed E-state index contributed by atoms with van der Waals surface area (Å²) >= 11 is 0. The first-order chi connectivity index (χ1) is 14.1. The molecular formula is C24H42O5. The molecule has 0 fully saturated rings. The predicted molar refractivity (Wildman–Crippen MR) is 118 cm³/mol. The molecule has 0 saturated heterocycles. The molecule has 0 aliphatic carbocycles. The Bertz CT molecular complexity index is 456. The molecular weight excluding hydrogens is 368 g/mol.